The summed E-state index contributed by atoms with van der Waals surface area (Å²) in [4.78, 5) is 26.4. The van der Waals surface area contributed by atoms with Gasteiger partial charge in [-0.15, -0.1) is 0 Å². The summed E-state index contributed by atoms with van der Waals surface area (Å²) in [6, 6.07) is 14.7. The monoisotopic (exact) mass is 449 g/mol. The Bertz CT molecular complexity index is 1110. The second-order valence-corrected chi connectivity index (χ2v) is 9.61. The van der Waals surface area contributed by atoms with Gasteiger partial charge < -0.3 is 19.5 Å². The predicted octanol–water partition coefficient (Wildman–Crippen LogP) is 5.66. The lowest BCUT2D eigenvalue weighted by Crippen LogP contribution is -2.41. The average Bonchev–Trinajstić information content (AvgIpc) is 3.19. The Balaban J connectivity index is 1.30. The van der Waals surface area contributed by atoms with Crippen molar-refractivity contribution in [3.63, 3.8) is 0 Å². The standard InChI is InChI=1S/C26H31N3O4/c1-26(2,3)32-25(31)29-15-13-18(14-16-29)9-12-22-21-11-10-20(17-23(21)33-28-22)27-24(30)19-7-5-4-6-8-19/h4-8,10-11,17-18H,9,12-16H2,1-3H3,(H,27,30). The Morgan fingerprint density at radius 2 is 1.85 bits per heavy atom. The number of aromatic nitrogens is 1. The molecule has 2 amide bonds. The number of hydrogen-bond acceptors (Lipinski definition) is 5. The van der Waals surface area contributed by atoms with Crippen LogP contribution in [0.15, 0.2) is 53.1 Å². The fourth-order valence-corrected chi connectivity index (χ4v) is 4.11. The van der Waals surface area contributed by atoms with Gasteiger partial charge in [0.15, 0.2) is 5.58 Å². The summed E-state index contributed by atoms with van der Waals surface area (Å²) in [5.41, 5.74) is 2.41. The largest absolute Gasteiger partial charge is 0.444 e. The van der Waals surface area contributed by atoms with Crippen LogP contribution >= 0.6 is 0 Å². The number of carbonyl (C=O) groups excluding carboxylic acids is 2. The fraction of sp³-hybridized carbons (Fsp3) is 0.423. The van der Waals surface area contributed by atoms with Gasteiger partial charge >= 0.3 is 6.09 Å². The van der Waals surface area contributed by atoms with E-state index in [4.69, 9.17) is 9.26 Å². The van der Waals surface area contributed by atoms with E-state index in [9.17, 15) is 9.59 Å². The Hall–Kier alpha value is -3.35. The van der Waals surface area contributed by atoms with Crippen LogP contribution in [-0.4, -0.2) is 40.7 Å². The van der Waals surface area contributed by atoms with Gasteiger partial charge in [0.25, 0.3) is 5.91 Å². The van der Waals surface area contributed by atoms with Crippen LogP contribution in [0, 0.1) is 5.92 Å². The van der Waals surface area contributed by atoms with Gasteiger partial charge in [-0.2, -0.15) is 0 Å². The summed E-state index contributed by atoms with van der Waals surface area (Å²) in [5.74, 6) is 0.382. The van der Waals surface area contributed by atoms with Crippen molar-refractivity contribution in [1.82, 2.24) is 10.1 Å². The molecule has 33 heavy (non-hydrogen) atoms. The Kier molecular flexibility index (Phi) is 6.67. The van der Waals surface area contributed by atoms with E-state index >= 15 is 0 Å². The lowest BCUT2D eigenvalue weighted by atomic mass is 9.91. The molecule has 7 nitrogen and oxygen atoms in total. The van der Waals surface area contributed by atoms with Crippen molar-refractivity contribution in [2.75, 3.05) is 18.4 Å². The molecule has 1 aromatic heterocycles. The molecule has 0 unspecified atom stereocenters. The first-order valence-corrected chi connectivity index (χ1v) is 11.5. The van der Waals surface area contributed by atoms with Crippen LogP contribution in [0.1, 0.15) is 56.1 Å². The zero-order valence-electron chi connectivity index (χ0n) is 19.5. The smallest absolute Gasteiger partial charge is 0.410 e. The summed E-state index contributed by atoms with van der Waals surface area (Å²) in [6.45, 7) is 7.12. The molecule has 0 atom stereocenters. The number of fused-ring (bicyclic) bond motifs is 1. The summed E-state index contributed by atoms with van der Waals surface area (Å²) < 4.78 is 11.0. The van der Waals surface area contributed by atoms with Gasteiger partial charge in [-0.1, -0.05) is 23.4 Å². The Labute approximate surface area is 194 Å². The molecule has 0 radical (unpaired) electrons. The van der Waals surface area contributed by atoms with Crippen molar-refractivity contribution in [3.05, 3.63) is 59.8 Å². The van der Waals surface area contributed by atoms with E-state index in [-0.39, 0.29) is 12.0 Å². The highest BCUT2D eigenvalue weighted by Crippen LogP contribution is 2.27. The maximum absolute atomic E-state index is 12.4. The quantitative estimate of drug-likeness (QED) is 0.543. The highest BCUT2D eigenvalue weighted by molar-refractivity contribution is 6.05. The molecule has 7 heteroatoms. The van der Waals surface area contributed by atoms with Gasteiger partial charge in [-0.3, -0.25) is 4.79 Å². The number of anilines is 1. The van der Waals surface area contributed by atoms with Crippen LogP contribution in [0.4, 0.5) is 10.5 Å². The lowest BCUT2D eigenvalue weighted by molar-refractivity contribution is 0.0181. The number of ether oxygens (including phenoxy) is 1. The van der Waals surface area contributed by atoms with Gasteiger partial charge in [-0.05, 0) is 76.6 Å². The van der Waals surface area contributed by atoms with Crippen molar-refractivity contribution < 1.29 is 18.8 Å². The molecule has 3 aromatic rings. The maximum atomic E-state index is 12.4. The van der Waals surface area contributed by atoms with Crippen LogP contribution in [-0.2, 0) is 11.2 Å². The zero-order valence-corrected chi connectivity index (χ0v) is 19.5. The van der Waals surface area contributed by atoms with Gasteiger partial charge in [0.05, 0.1) is 5.69 Å². The van der Waals surface area contributed by atoms with Crippen LogP contribution in [0.25, 0.3) is 11.0 Å². The van der Waals surface area contributed by atoms with E-state index in [2.05, 4.69) is 10.5 Å². The molecule has 4 rings (SSSR count). The third kappa shape index (κ3) is 5.92. The Morgan fingerprint density at radius 1 is 1.12 bits per heavy atom. The Morgan fingerprint density at radius 3 is 2.55 bits per heavy atom. The number of rotatable bonds is 5. The maximum Gasteiger partial charge on any atom is 0.410 e. The first kappa shape index (κ1) is 22.8. The second-order valence-electron chi connectivity index (χ2n) is 9.61. The lowest BCUT2D eigenvalue weighted by Gasteiger charge is -2.33. The number of carbonyl (C=O) groups is 2. The number of nitrogens with zero attached hydrogens (tertiary/aromatic N) is 2. The molecule has 1 N–H and O–H groups in total. The van der Waals surface area contributed by atoms with E-state index in [1.165, 1.54) is 0 Å². The van der Waals surface area contributed by atoms with Gasteiger partial charge in [0.2, 0.25) is 0 Å². The molecule has 1 aliphatic rings. The van der Waals surface area contributed by atoms with Gasteiger partial charge in [0.1, 0.15) is 5.60 Å². The van der Waals surface area contributed by atoms with E-state index in [1.54, 1.807) is 17.0 Å². The summed E-state index contributed by atoms with van der Waals surface area (Å²) in [5, 5.41) is 8.14. The number of likely N-dealkylation sites (tertiary alicyclic amines) is 1. The SMILES string of the molecule is CC(C)(C)OC(=O)N1CCC(CCc2noc3cc(NC(=O)c4ccccc4)ccc23)CC1. The van der Waals surface area contributed by atoms with Crippen LogP contribution in [0.5, 0.6) is 0 Å². The van der Waals surface area contributed by atoms with Crippen molar-refractivity contribution >= 4 is 28.7 Å². The third-order valence-corrected chi connectivity index (χ3v) is 5.90. The van der Waals surface area contributed by atoms with Gasteiger partial charge in [-0.25, -0.2) is 4.79 Å². The minimum Gasteiger partial charge on any atom is -0.444 e. The molecule has 1 saturated heterocycles. The molecule has 2 aromatic carbocycles. The second kappa shape index (κ2) is 9.65. The molecule has 2 heterocycles. The van der Waals surface area contributed by atoms with Crippen molar-refractivity contribution in [2.45, 2.75) is 52.1 Å². The fourth-order valence-electron chi connectivity index (χ4n) is 4.11. The van der Waals surface area contributed by atoms with Crippen LogP contribution < -0.4 is 5.32 Å². The highest BCUT2D eigenvalue weighted by atomic mass is 16.6. The first-order valence-electron chi connectivity index (χ1n) is 11.5. The number of hydrogen-bond donors (Lipinski definition) is 1. The number of benzene rings is 2. The molecule has 1 fully saturated rings. The number of nitrogens with one attached hydrogen (secondary N) is 1. The molecular formula is C26H31N3O4. The number of amides is 2. The molecule has 0 saturated carbocycles. The van der Waals surface area contributed by atoms with E-state index in [0.29, 0.717) is 22.8 Å². The van der Waals surface area contributed by atoms with E-state index in [0.717, 1.165) is 49.9 Å². The summed E-state index contributed by atoms with van der Waals surface area (Å²) in [6.07, 6.45) is 3.52. The normalized spacial score (nSPS) is 14.9. The van der Waals surface area contributed by atoms with Crippen molar-refractivity contribution in [3.8, 4) is 0 Å². The molecule has 1 aliphatic heterocycles. The van der Waals surface area contributed by atoms with Crippen molar-refractivity contribution in [2.24, 2.45) is 5.92 Å². The van der Waals surface area contributed by atoms with Crippen LogP contribution in [0.2, 0.25) is 0 Å². The van der Waals surface area contributed by atoms with E-state index < -0.39 is 5.60 Å². The predicted molar refractivity (Wildman–Crippen MR) is 127 cm³/mol. The molecule has 174 valence electrons. The first-order chi connectivity index (χ1) is 15.8. The summed E-state index contributed by atoms with van der Waals surface area (Å²) >= 11 is 0. The minimum absolute atomic E-state index is 0.160. The topological polar surface area (TPSA) is 84.7 Å². The van der Waals surface area contributed by atoms with Gasteiger partial charge in [0, 0.05) is 35.8 Å². The summed E-state index contributed by atoms with van der Waals surface area (Å²) in [7, 11) is 0. The highest BCUT2D eigenvalue weighted by Gasteiger charge is 2.27. The molecule has 0 aliphatic carbocycles. The number of piperidine rings is 1. The number of aryl methyl sites for hydroxylation is 1. The van der Waals surface area contributed by atoms with Crippen LogP contribution in [0.3, 0.4) is 0 Å². The van der Waals surface area contributed by atoms with E-state index in [1.807, 2.05) is 57.2 Å². The third-order valence-electron chi connectivity index (χ3n) is 5.90. The molecule has 0 spiro atoms. The molecule has 0 bridgehead atoms. The molecular weight excluding hydrogens is 418 g/mol. The average molecular weight is 450 g/mol. The zero-order chi connectivity index (χ0) is 23.4. The minimum atomic E-state index is -0.466. The van der Waals surface area contributed by atoms with Crippen molar-refractivity contribution in [1.29, 1.82) is 0 Å².